The van der Waals surface area contributed by atoms with E-state index in [1.165, 1.54) is 28.6 Å². The Bertz CT molecular complexity index is 674. The molecule has 8 heteroatoms. The number of nitro groups is 1. The Morgan fingerprint density at radius 3 is 2.82 bits per heavy atom. The van der Waals surface area contributed by atoms with Crippen LogP contribution in [0.1, 0.15) is 19.3 Å². The molecule has 0 aromatic heterocycles. The Balaban J connectivity index is 2.00. The van der Waals surface area contributed by atoms with Crippen molar-refractivity contribution in [1.29, 1.82) is 0 Å². The molecule has 1 aromatic carbocycles. The maximum atomic E-state index is 13.0. The van der Waals surface area contributed by atoms with Gasteiger partial charge in [0.15, 0.2) is 4.90 Å². The van der Waals surface area contributed by atoms with Crippen LogP contribution in [0.3, 0.4) is 0 Å². The molecule has 2 saturated heterocycles. The number of benzene rings is 1. The van der Waals surface area contributed by atoms with Crippen molar-refractivity contribution in [2.75, 3.05) is 19.6 Å². The van der Waals surface area contributed by atoms with E-state index in [-0.39, 0.29) is 16.6 Å². The van der Waals surface area contributed by atoms with Crippen LogP contribution in [-0.2, 0) is 10.0 Å². The minimum atomic E-state index is -3.84. The molecular formula is C14H19N3O4S. The first-order valence-corrected chi connectivity index (χ1v) is 8.92. The van der Waals surface area contributed by atoms with Crippen molar-refractivity contribution >= 4 is 15.7 Å². The average molecular weight is 325 g/mol. The van der Waals surface area contributed by atoms with Gasteiger partial charge in [-0.05, 0) is 44.3 Å². The lowest BCUT2D eigenvalue weighted by Gasteiger charge is -2.43. The number of nitrogens with zero attached hydrogens (tertiary/aromatic N) is 2. The normalized spacial score (nSPS) is 26.4. The highest BCUT2D eigenvalue weighted by molar-refractivity contribution is 7.89. The van der Waals surface area contributed by atoms with Gasteiger partial charge < -0.3 is 5.32 Å². The second-order valence-corrected chi connectivity index (χ2v) is 7.66. The molecule has 2 aliphatic rings. The number of piperidine rings is 2. The second kappa shape index (κ2) is 5.94. The molecule has 2 aliphatic heterocycles. The van der Waals surface area contributed by atoms with E-state index in [1.54, 1.807) is 0 Å². The molecule has 0 radical (unpaired) electrons. The first-order chi connectivity index (χ1) is 10.5. The van der Waals surface area contributed by atoms with E-state index in [9.17, 15) is 18.5 Å². The molecule has 22 heavy (non-hydrogen) atoms. The Morgan fingerprint density at radius 2 is 2.05 bits per heavy atom. The third-order valence-electron chi connectivity index (χ3n) is 4.54. The first kappa shape index (κ1) is 15.4. The molecule has 3 rings (SSSR count). The molecule has 2 heterocycles. The minimum absolute atomic E-state index is 0.0557. The quantitative estimate of drug-likeness (QED) is 0.669. The maximum absolute atomic E-state index is 13.0. The lowest BCUT2D eigenvalue weighted by atomic mass is 9.86. The molecule has 7 nitrogen and oxygen atoms in total. The van der Waals surface area contributed by atoms with Crippen molar-refractivity contribution in [3.63, 3.8) is 0 Å². The van der Waals surface area contributed by atoms with Gasteiger partial charge in [-0.25, -0.2) is 8.42 Å². The Morgan fingerprint density at radius 1 is 1.27 bits per heavy atom. The molecule has 1 N–H and O–H groups in total. The Hall–Kier alpha value is -1.51. The van der Waals surface area contributed by atoms with Crippen LogP contribution in [0.2, 0.25) is 0 Å². The summed E-state index contributed by atoms with van der Waals surface area (Å²) < 4.78 is 27.4. The number of rotatable bonds is 3. The lowest BCUT2D eigenvalue weighted by molar-refractivity contribution is -0.387. The first-order valence-electron chi connectivity index (χ1n) is 7.48. The summed E-state index contributed by atoms with van der Waals surface area (Å²) >= 11 is 0. The number of nitrogens with one attached hydrogen (secondary N) is 1. The van der Waals surface area contributed by atoms with Gasteiger partial charge in [-0.2, -0.15) is 4.31 Å². The van der Waals surface area contributed by atoms with Crippen LogP contribution in [0.4, 0.5) is 5.69 Å². The van der Waals surface area contributed by atoms with Gasteiger partial charge in [0.2, 0.25) is 10.0 Å². The lowest BCUT2D eigenvalue weighted by Crippen LogP contribution is -2.54. The molecule has 2 unspecified atom stereocenters. The third-order valence-corrected chi connectivity index (χ3v) is 6.51. The topological polar surface area (TPSA) is 92.5 Å². The van der Waals surface area contributed by atoms with E-state index in [0.29, 0.717) is 12.5 Å². The molecule has 0 saturated carbocycles. The van der Waals surface area contributed by atoms with Gasteiger partial charge in [0.25, 0.3) is 5.69 Å². The standard InChI is InChI=1S/C14H19N3O4S/c18-17(19)13-5-1-2-6-14(13)22(20,21)16-9-3-4-11-10-15-8-7-12(11)16/h1-2,5-6,11-12,15H,3-4,7-10H2. The zero-order valence-electron chi connectivity index (χ0n) is 12.1. The largest absolute Gasteiger partial charge is 0.316 e. The number of hydrogen-bond donors (Lipinski definition) is 1. The highest BCUT2D eigenvalue weighted by atomic mass is 32.2. The van der Waals surface area contributed by atoms with E-state index < -0.39 is 14.9 Å². The Labute approximate surface area is 129 Å². The molecule has 0 bridgehead atoms. The number of hydrogen-bond acceptors (Lipinski definition) is 5. The van der Waals surface area contributed by atoms with E-state index >= 15 is 0 Å². The molecule has 0 aliphatic carbocycles. The smallest absolute Gasteiger partial charge is 0.289 e. The van der Waals surface area contributed by atoms with Crippen LogP contribution in [0.15, 0.2) is 29.2 Å². The third kappa shape index (κ3) is 2.62. The number of para-hydroxylation sites is 1. The number of fused-ring (bicyclic) bond motifs is 1. The minimum Gasteiger partial charge on any atom is -0.316 e. The SMILES string of the molecule is O=[N+]([O-])c1ccccc1S(=O)(=O)N1CCCC2CNCCC21. The molecule has 2 fully saturated rings. The average Bonchev–Trinajstić information content (AvgIpc) is 2.54. The van der Waals surface area contributed by atoms with E-state index in [2.05, 4.69) is 5.32 Å². The summed E-state index contributed by atoms with van der Waals surface area (Å²) in [6.45, 7) is 2.03. The van der Waals surface area contributed by atoms with Gasteiger partial charge >= 0.3 is 0 Å². The fourth-order valence-electron chi connectivity index (χ4n) is 3.51. The predicted molar refractivity (Wildman–Crippen MR) is 81.0 cm³/mol. The molecular weight excluding hydrogens is 306 g/mol. The van der Waals surface area contributed by atoms with Gasteiger partial charge in [0, 0.05) is 18.7 Å². The molecule has 2 atom stereocenters. The van der Waals surface area contributed by atoms with Crippen LogP contribution in [0.5, 0.6) is 0 Å². The van der Waals surface area contributed by atoms with Gasteiger partial charge in [0.05, 0.1) is 4.92 Å². The van der Waals surface area contributed by atoms with Crippen LogP contribution in [0.25, 0.3) is 0 Å². The van der Waals surface area contributed by atoms with Crippen molar-refractivity contribution in [2.45, 2.75) is 30.2 Å². The van der Waals surface area contributed by atoms with Crippen LogP contribution in [-0.4, -0.2) is 43.3 Å². The summed E-state index contributed by atoms with van der Waals surface area (Å²) in [6.07, 6.45) is 2.55. The summed E-state index contributed by atoms with van der Waals surface area (Å²) in [5.74, 6) is 0.292. The zero-order valence-corrected chi connectivity index (χ0v) is 13.0. The fraction of sp³-hybridized carbons (Fsp3) is 0.571. The number of nitro benzene ring substituents is 1. The molecule has 0 amide bonds. The molecule has 0 spiro atoms. The monoisotopic (exact) mass is 325 g/mol. The van der Waals surface area contributed by atoms with Crippen molar-refractivity contribution in [3.05, 3.63) is 34.4 Å². The van der Waals surface area contributed by atoms with Gasteiger partial charge in [0.1, 0.15) is 0 Å². The Kier molecular flexibility index (Phi) is 4.16. The van der Waals surface area contributed by atoms with Crippen molar-refractivity contribution in [3.8, 4) is 0 Å². The summed E-state index contributed by atoms with van der Waals surface area (Å²) in [7, 11) is -3.84. The van der Waals surface area contributed by atoms with Crippen molar-refractivity contribution in [2.24, 2.45) is 5.92 Å². The zero-order chi connectivity index (χ0) is 15.7. The fourth-order valence-corrected chi connectivity index (χ4v) is 5.42. The van der Waals surface area contributed by atoms with Gasteiger partial charge in [-0.15, -0.1) is 0 Å². The van der Waals surface area contributed by atoms with E-state index in [1.807, 2.05) is 0 Å². The van der Waals surface area contributed by atoms with Crippen LogP contribution < -0.4 is 5.32 Å². The van der Waals surface area contributed by atoms with Crippen LogP contribution in [0, 0.1) is 16.0 Å². The van der Waals surface area contributed by atoms with Gasteiger partial charge in [-0.3, -0.25) is 10.1 Å². The summed E-state index contributed by atoms with van der Waals surface area (Å²) in [5, 5.41) is 14.4. The summed E-state index contributed by atoms with van der Waals surface area (Å²) in [5.41, 5.74) is -0.349. The maximum Gasteiger partial charge on any atom is 0.289 e. The highest BCUT2D eigenvalue weighted by Crippen LogP contribution is 2.34. The predicted octanol–water partition coefficient (Wildman–Crippen LogP) is 1.36. The van der Waals surface area contributed by atoms with E-state index in [4.69, 9.17) is 0 Å². The highest BCUT2D eigenvalue weighted by Gasteiger charge is 2.41. The molecule has 120 valence electrons. The van der Waals surface area contributed by atoms with Crippen molar-refractivity contribution in [1.82, 2.24) is 9.62 Å². The summed E-state index contributed by atoms with van der Waals surface area (Å²) in [4.78, 5) is 10.3. The van der Waals surface area contributed by atoms with Crippen LogP contribution >= 0.6 is 0 Å². The molecule has 1 aromatic rings. The van der Waals surface area contributed by atoms with Gasteiger partial charge in [-0.1, -0.05) is 12.1 Å². The van der Waals surface area contributed by atoms with Crippen molar-refractivity contribution < 1.29 is 13.3 Å². The van der Waals surface area contributed by atoms with E-state index in [0.717, 1.165) is 32.4 Å². The summed E-state index contributed by atoms with van der Waals surface area (Å²) in [6, 6.07) is 5.54. The number of sulfonamides is 1. The second-order valence-electron chi connectivity index (χ2n) is 5.80.